The highest BCUT2D eigenvalue weighted by molar-refractivity contribution is 5.53. The van der Waals surface area contributed by atoms with Gasteiger partial charge in [0.15, 0.2) is 0 Å². The predicted octanol–water partition coefficient (Wildman–Crippen LogP) is 3.25. The third kappa shape index (κ3) is 2.46. The Morgan fingerprint density at radius 1 is 1.17 bits per heavy atom. The molecule has 0 aliphatic carbocycles. The van der Waals surface area contributed by atoms with Gasteiger partial charge in [-0.25, -0.2) is 4.98 Å². The van der Waals surface area contributed by atoms with E-state index in [1.54, 1.807) is 6.26 Å². The molecule has 1 saturated heterocycles. The van der Waals surface area contributed by atoms with Crippen molar-refractivity contribution in [1.29, 1.82) is 0 Å². The minimum atomic E-state index is 0.726. The van der Waals surface area contributed by atoms with E-state index in [0.29, 0.717) is 0 Å². The molecule has 1 aromatic carbocycles. The molecule has 18 heavy (non-hydrogen) atoms. The summed E-state index contributed by atoms with van der Waals surface area (Å²) in [5.74, 6) is 0.726. The van der Waals surface area contributed by atoms with Crippen molar-refractivity contribution in [1.82, 2.24) is 9.88 Å². The molecule has 94 valence electrons. The van der Waals surface area contributed by atoms with Crippen molar-refractivity contribution >= 4 is 0 Å². The Bertz CT molecular complexity index is 510. The molecule has 3 nitrogen and oxygen atoms in total. The van der Waals surface area contributed by atoms with E-state index in [2.05, 4.69) is 41.1 Å². The molecular weight excluding hydrogens is 224 g/mol. The number of nitrogens with zero attached hydrogens (tertiary/aromatic N) is 2. The largest absolute Gasteiger partial charge is 0.444 e. The molecule has 2 aromatic rings. The summed E-state index contributed by atoms with van der Waals surface area (Å²) < 4.78 is 5.56. The van der Waals surface area contributed by atoms with Crippen LogP contribution >= 0.6 is 0 Å². The Balaban J connectivity index is 1.74. The molecule has 0 N–H and O–H groups in total. The minimum absolute atomic E-state index is 0.726. The second kappa shape index (κ2) is 4.94. The summed E-state index contributed by atoms with van der Waals surface area (Å²) in [7, 11) is 0. The molecule has 1 fully saturated rings. The molecule has 0 spiro atoms. The van der Waals surface area contributed by atoms with Crippen molar-refractivity contribution < 1.29 is 4.42 Å². The lowest BCUT2D eigenvalue weighted by atomic mass is 10.1. The number of hydrogen-bond acceptors (Lipinski definition) is 3. The Kier molecular flexibility index (Phi) is 3.15. The van der Waals surface area contributed by atoms with Crippen LogP contribution in [0.5, 0.6) is 0 Å². The fourth-order valence-corrected chi connectivity index (χ4v) is 2.38. The zero-order valence-electron chi connectivity index (χ0n) is 10.7. The van der Waals surface area contributed by atoms with E-state index in [9.17, 15) is 0 Å². The number of hydrogen-bond donors (Lipinski definition) is 0. The topological polar surface area (TPSA) is 29.3 Å². The lowest BCUT2D eigenvalue weighted by Crippen LogP contribution is -2.18. The number of aryl methyl sites for hydroxylation is 1. The van der Waals surface area contributed by atoms with Gasteiger partial charge in [-0.05, 0) is 45.0 Å². The van der Waals surface area contributed by atoms with Gasteiger partial charge in [-0.1, -0.05) is 17.7 Å². The van der Waals surface area contributed by atoms with E-state index in [0.717, 1.165) is 23.7 Å². The molecule has 0 atom stereocenters. The lowest BCUT2D eigenvalue weighted by Gasteiger charge is -2.11. The molecule has 1 aliphatic rings. The highest BCUT2D eigenvalue weighted by atomic mass is 16.3. The summed E-state index contributed by atoms with van der Waals surface area (Å²) >= 11 is 0. The van der Waals surface area contributed by atoms with E-state index in [4.69, 9.17) is 4.42 Å². The highest BCUT2D eigenvalue weighted by Gasteiger charge is 2.14. The van der Waals surface area contributed by atoms with Crippen molar-refractivity contribution in [2.75, 3.05) is 13.1 Å². The quantitative estimate of drug-likeness (QED) is 0.827. The van der Waals surface area contributed by atoms with Crippen LogP contribution in [0.3, 0.4) is 0 Å². The molecule has 1 aliphatic heterocycles. The van der Waals surface area contributed by atoms with Gasteiger partial charge >= 0.3 is 0 Å². The monoisotopic (exact) mass is 242 g/mol. The van der Waals surface area contributed by atoms with Crippen LogP contribution in [-0.2, 0) is 6.54 Å². The van der Waals surface area contributed by atoms with E-state index in [-0.39, 0.29) is 0 Å². The average molecular weight is 242 g/mol. The lowest BCUT2D eigenvalue weighted by molar-refractivity contribution is 0.327. The molecule has 0 bridgehead atoms. The first-order valence-corrected chi connectivity index (χ1v) is 6.55. The third-order valence-electron chi connectivity index (χ3n) is 3.43. The Labute approximate surface area is 107 Å². The smallest absolute Gasteiger partial charge is 0.226 e. The van der Waals surface area contributed by atoms with Gasteiger partial charge in [-0.15, -0.1) is 0 Å². The maximum absolute atomic E-state index is 5.56. The zero-order valence-corrected chi connectivity index (χ0v) is 10.7. The van der Waals surface area contributed by atoms with E-state index in [1.807, 2.05) is 0 Å². The van der Waals surface area contributed by atoms with Crippen LogP contribution in [0.2, 0.25) is 0 Å². The van der Waals surface area contributed by atoms with Gasteiger partial charge in [0, 0.05) is 12.1 Å². The first-order chi connectivity index (χ1) is 8.81. The summed E-state index contributed by atoms with van der Waals surface area (Å²) in [5.41, 5.74) is 3.34. The standard InChI is InChI=1S/C15H18N2O/c1-12-4-6-13(7-5-12)15-16-14(11-18-15)10-17-8-2-3-9-17/h4-7,11H,2-3,8-10H2,1H3. The summed E-state index contributed by atoms with van der Waals surface area (Å²) in [5, 5.41) is 0. The van der Waals surface area contributed by atoms with Gasteiger partial charge in [-0.3, -0.25) is 4.90 Å². The van der Waals surface area contributed by atoms with Crippen LogP contribution < -0.4 is 0 Å². The molecule has 3 heteroatoms. The van der Waals surface area contributed by atoms with Crippen molar-refractivity contribution in [3.05, 3.63) is 41.8 Å². The highest BCUT2D eigenvalue weighted by Crippen LogP contribution is 2.20. The molecule has 0 unspecified atom stereocenters. The minimum Gasteiger partial charge on any atom is -0.444 e. The second-order valence-corrected chi connectivity index (χ2v) is 4.99. The van der Waals surface area contributed by atoms with Crippen LogP contribution in [0.25, 0.3) is 11.5 Å². The fourth-order valence-electron chi connectivity index (χ4n) is 2.38. The van der Waals surface area contributed by atoms with Crippen molar-refractivity contribution in [2.24, 2.45) is 0 Å². The number of aromatic nitrogens is 1. The molecule has 3 rings (SSSR count). The summed E-state index contributed by atoms with van der Waals surface area (Å²) in [6, 6.07) is 8.28. The third-order valence-corrected chi connectivity index (χ3v) is 3.43. The Morgan fingerprint density at radius 2 is 1.89 bits per heavy atom. The van der Waals surface area contributed by atoms with Crippen molar-refractivity contribution in [3.8, 4) is 11.5 Å². The normalized spacial score (nSPS) is 16.3. The average Bonchev–Trinajstić information content (AvgIpc) is 3.02. The van der Waals surface area contributed by atoms with Crippen LogP contribution in [-0.4, -0.2) is 23.0 Å². The number of likely N-dealkylation sites (tertiary alicyclic amines) is 1. The van der Waals surface area contributed by atoms with Gasteiger partial charge in [0.1, 0.15) is 6.26 Å². The molecule has 0 amide bonds. The van der Waals surface area contributed by atoms with Gasteiger partial charge in [0.25, 0.3) is 0 Å². The first-order valence-electron chi connectivity index (χ1n) is 6.55. The van der Waals surface area contributed by atoms with Crippen molar-refractivity contribution in [2.45, 2.75) is 26.3 Å². The molecule has 2 heterocycles. The van der Waals surface area contributed by atoms with Crippen LogP contribution in [0.4, 0.5) is 0 Å². The zero-order chi connectivity index (χ0) is 12.4. The van der Waals surface area contributed by atoms with E-state index >= 15 is 0 Å². The SMILES string of the molecule is Cc1ccc(-c2nc(CN3CCCC3)co2)cc1. The first kappa shape index (κ1) is 11.5. The number of rotatable bonds is 3. The van der Waals surface area contributed by atoms with E-state index < -0.39 is 0 Å². The van der Waals surface area contributed by atoms with Gasteiger partial charge in [0.2, 0.25) is 5.89 Å². The molecule has 1 aromatic heterocycles. The number of benzene rings is 1. The van der Waals surface area contributed by atoms with Crippen molar-refractivity contribution in [3.63, 3.8) is 0 Å². The summed E-state index contributed by atoms with van der Waals surface area (Å²) in [6.07, 6.45) is 4.40. The maximum atomic E-state index is 5.56. The molecule has 0 saturated carbocycles. The molecular formula is C15H18N2O. The second-order valence-electron chi connectivity index (χ2n) is 4.99. The van der Waals surface area contributed by atoms with Crippen LogP contribution in [0, 0.1) is 6.92 Å². The maximum Gasteiger partial charge on any atom is 0.226 e. The van der Waals surface area contributed by atoms with E-state index in [1.165, 1.54) is 31.5 Å². The molecule has 0 radical (unpaired) electrons. The summed E-state index contributed by atoms with van der Waals surface area (Å²) in [6.45, 7) is 5.37. The van der Waals surface area contributed by atoms with Gasteiger partial charge in [-0.2, -0.15) is 0 Å². The Hall–Kier alpha value is -1.61. The van der Waals surface area contributed by atoms with Crippen LogP contribution in [0.1, 0.15) is 24.1 Å². The number of oxazole rings is 1. The Morgan fingerprint density at radius 3 is 2.61 bits per heavy atom. The van der Waals surface area contributed by atoms with Gasteiger partial charge in [0.05, 0.1) is 5.69 Å². The van der Waals surface area contributed by atoms with Crippen LogP contribution in [0.15, 0.2) is 34.9 Å². The fraction of sp³-hybridized carbons (Fsp3) is 0.400. The summed E-state index contributed by atoms with van der Waals surface area (Å²) in [4.78, 5) is 6.99. The predicted molar refractivity (Wildman–Crippen MR) is 71.2 cm³/mol. The van der Waals surface area contributed by atoms with Gasteiger partial charge < -0.3 is 4.42 Å².